The zero-order valence-corrected chi connectivity index (χ0v) is 5.56. The van der Waals surface area contributed by atoms with Crippen molar-refractivity contribution in [3.63, 3.8) is 0 Å². The fourth-order valence-electron chi connectivity index (χ4n) is 0.605. The third-order valence-electron chi connectivity index (χ3n) is 0.969. The summed E-state index contributed by atoms with van der Waals surface area (Å²) in [6.45, 7) is 0.591. The molecule has 0 aliphatic carbocycles. The first-order valence-corrected chi connectivity index (χ1v) is 3.73. The lowest BCUT2D eigenvalue weighted by Crippen LogP contribution is -2.23. The summed E-state index contributed by atoms with van der Waals surface area (Å²) in [6, 6.07) is 0. The van der Waals surface area contributed by atoms with Crippen LogP contribution in [-0.4, -0.2) is 26.2 Å². The maximum absolute atomic E-state index is 10.1. The number of hydrogen-bond acceptors (Lipinski definition) is 4. The first-order valence-electron chi connectivity index (χ1n) is 2.49. The van der Waals surface area contributed by atoms with E-state index in [1.54, 1.807) is 17.3 Å². The normalized spacial score (nSPS) is 19.9. The van der Waals surface area contributed by atoms with Crippen molar-refractivity contribution in [2.45, 2.75) is 0 Å². The molecule has 1 heterocycles. The molecule has 0 radical (unpaired) electrons. The predicted molar refractivity (Wildman–Crippen MR) is 32.8 cm³/mol. The monoisotopic (exact) mass is 147 g/mol. The molecule has 1 unspecified atom stereocenters. The highest BCUT2D eigenvalue weighted by atomic mass is 32.2. The van der Waals surface area contributed by atoms with Gasteiger partial charge in [0.15, 0.2) is 0 Å². The van der Waals surface area contributed by atoms with Crippen molar-refractivity contribution in [3.05, 3.63) is 12.4 Å². The molecule has 5 heteroatoms. The number of hydrogen-bond donors (Lipinski definition) is 1. The van der Waals surface area contributed by atoms with Crippen LogP contribution in [0, 0.1) is 0 Å². The second-order valence-corrected chi connectivity index (χ2v) is 2.57. The Labute approximate surface area is 55.8 Å². The van der Waals surface area contributed by atoms with E-state index in [-0.39, 0.29) is 5.88 Å². The summed E-state index contributed by atoms with van der Waals surface area (Å²) < 4.78 is 20.1. The van der Waals surface area contributed by atoms with Gasteiger partial charge in [-0.05, 0) is 11.1 Å². The molecule has 0 aromatic heterocycles. The molecule has 0 saturated heterocycles. The van der Waals surface area contributed by atoms with Crippen LogP contribution in [-0.2, 0) is 11.1 Å². The van der Waals surface area contributed by atoms with Crippen LogP contribution in [0.1, 0.15) is 0 Å². The van der Waals surface area contributed by atoms with Gasteiger partial charge < -0.3 is 14.8 Å². The molecule has 0 amide bonds. The molecule has 9 heavy (non-hydrogen) atoms. The fraction of sp³-hybridized carbons (Fsp3) is 0.500. The molecule has 0 bridgehead atoms. The van der Waals surface area contributed by atoms with Crippen LogP contribution in [0.25, 0.3) is 0 Å². The fourth-order valence-corrected chi connectivity index (χ4v) is 1.05. The van der Waals surface area contributed by atoms with Crippen molar-refractivity contribution in [2.24, 2.45) is 0 Å². The molecule has 1 N–H and O–H groups in total. The summed E-state index contributed by atoms with van der Waals surface area (Å²) >= 11 is -1.97. The summed E-state index contributed by atoms with van der Waals surface area (Å²) in [7, 11) is 0. The number of nitrogens with one attached hydrogen (secondary N) is 1. The van der Waals surface area contributed by atoms with E-state index in [0.29, 0.717) is 6.67 Å². The van der Waals surface area contributed by atoms with Crippen LogP contribution < -0.4 is 5.32 Å². The van der Waals surface area contributed by atoms with Gasteiger partial charge in [0.25, 0.3) is 0 Å². The number of rotatable bonds is 2. The standard InChI is InChI=1S/C4H8N2O2S/c7-9(8)4-6-2-1-5-3-6/h1-2,5H,3-4H2,(H,7,8)/p-1. The molecule has 0 aromatic rings. The maximum Gasteiger partial charge on any atom is 0.0876 e. The van der Waals surface area contributed by atoms with E-state index in [1.165, 1.54) is 0 Å². The zero-order valence-electron chi connectivity index (χ0n) is 4.74. The minimum Gasteiger partial charge on any atom is -0.771 e. The van der Waals surface area contributed by atoms with Gasteiger partial charge in [-0.2, -0.15) is 0 Å². The SMILES string of the molecule is O=S([O-])CN1C=CNC1. The van der Waals surface area contributed by atoms with Crippen molar-refractivity contribution in [1.82, 2.24) is 10.2 Å². The lowest BCUT2D eigenvalue weighted by Gasteiger charge is -2.15. The van der Waals surface area contributed by atoms with E-state index in [9.17, 15) is 8.76 Å². The van der Waals surface area contributed by atoms with Gasteiger partial charge in [0.05, 0.1) is 12.5 Å². The van der Waals surface area contributed by atoms with E-state index in [0.717, 1.165) is 0 Å². The Hall–Kier alpha value is -0.550. The van der Waals surface area contributed by atoms with Gasteiger partial charge in [-0.1, -0.05) is 0 Å². The Morgan fingerprint density at radius 2 is 2.67 bits per heavy atom. The molecule has 52 valence electrons. The van der Waals surface area contributed by atoms with E-state index < -0.39 is 11.1 Å². The summed E-state index contributed by atoms with van der Waals surface area (Å²) in [4.78, 5) is 1.66. The molecule has 1 aliphatic heterocycles. The lowest BCUT2D eigenvalue weighted by atomic mass is 10.9. The maximum atomic E-state index is 10.1. The van der Waals surface area contributed by atoms with Crippen LogP contribution >= 0.6 is 0 Å². The van der Waals surface area contributed by atoms with E-state index in [1.807, 2.05) is 0 Å². The van der Waals surface area contributed by atoms with Gasteiger partial charge in [0, 0.05) is 12.4 Å². The largest absolute Gasteiger partial charge is 0.771 e. The average Bonchev–Trinajstić information content (AvgIpc) is 2.15. The molecule has 0 fully saturated rings. The molecule has 1 rings (SSSR count). The Kier molecular flexibility index (Phi) is 2.07. The number of nitrogens with zero attached hydrogens (tertiary/aromatic N) is 1. The summed E-state index contributed by atoms with van der Waals surface area (Å²) in [5, 5.41) is 2.85. The summed E-state index contributed by atoms with van der Waals surface area (Å²) in [6.07, 6.45) is 3.42. The quantitative estimate of drug-likeness (QED) is 0.517. The highest BCUT2D eigenvalue weighted by Crippen LogP contribution is 1.93. The van der Waals surface area contributed by atoms with Crippen LogP contribution in [0.15, 0.2) is 12.4 Å². The van der Waals surface area contributed by atoms with Gasteiger partial charge in [0.2, 0.25) is 0 Å². The van der Waals surface area contributed by atoms with Gasteiger partial charge in [0.1, 0.15) is 0 Å². The van der Waals surface area contributed by atoms with Crippen LogP contribution in [0.3, 0.4) is 0 Å². The Morgan fingerprint density at radius 1 is 1.89 bits per heavy atom. The highest BCUT2D eigenvalue weighted by Gasteiger charge is 2.00. The Morgan fingerprint density at radius 3 is 3.11 bits per heavy atom. The molecule has 0 saturated carbocycles. The molecular formula is C4H7N2O2S-. The van der Waals surface area contributed by atoms with Gasteiger partial charge in [-0.25, -0.2) is 0 Å². The lowest BCUT2D eigenvalue weighted by molar-refractivity contribution is 0.428. The molecule has 0 spiro atoms. The van der Waals surface area contributed by atoms with Crippen LogP contribution in [0.4, 0.5) is 0 Å². The van der Waals surface area contributed by atoms with Crippen molar-refractivity contribution in [1.29, 1.82) is 0 Å². The van der Waals surface area contributed by atoms with E-state index in [4.69, 9.17) is 0 Å². The second-order valence-electron chi connectivity index (χ2n) is 1.70. The van der Waals surface area contributed by atoms with Crippen molar-refractivity contribution < 1.29 is 8.76 Å². The second kappa shape index (κ2) is 2.84. The van der Waals surface area contributed by atoms with Gasteiger partial charge >= 0.3 is 0 Å². The average molecular weight is 147 g/mol. The third kappa shape index (κ3) is 2.03. The topological polar surface area (TPSA) is 55.4 Å². The Balaban J connectivity index is 2.28. The van der Waals surface area contributed by atoms with E-state index >= 15 is 0 Å². The first kappa shape index (κ1) is 6.57. The Bertz CT molecular complexity index is 148. The minimum atomic E-state index is -1.97. The van der Waals surface area contributed by atoms with Crippen LogP contribution in [0.5, 0.6) is 0 Å². The molecule has 4 nitrogen and oxygen atoms in total. The van der Waals surface area contributed by atoms with Gasteiger partial charge in [-0.15, -0.1) is 0 Å². The molecular weight excluding hydrogens is 140 g/mol. The van der Waals surface area contributed by atoms with E-state index in [2.05, 4.69) is 5.32 Å². The molecule has 0 aromatic carbocycles. The zero-order chi connectivity index (χ0) is 6.69. The van der Waals surface area contributed by atoms with Crippen molar-refractivity contribution >= 4 is 11.1 Å². The summed E-state index contributed by atoms with van der Waals surface area (Å²) in [5.41, 5.74) is 0. The van der Waals surface area contributed by atoms with Crippen molar-refractivity contribution in [2.75, 3.05) is 12.5 Å². The minimum absolute atomic E-state index is 0.0729. The first-order chi connectivity index (χ1) is 4.29. The highest BCUT2D eigenvalue weighted by molar-refractivity contribution is 7.79. The third-order valence-corrected chi connectivity index (χ3v) is 1.51. The molecule has 1 aliphatic rings. The smallest absolute Gasteiger partial charge is 0.0876 e. The summed E-state index contributed by atoms with van der Waals surface area (Å²) in [5.74, 6) is 0.0729. The van der Waals surface area contributed by atoms with Crippen molar-refractivity contribution in [3.8, 4) is 0 Å². The molecule has 1 atom stereocenters. The predicted octanol–water partition coefficient (Wildman–Crippen LogP) is -0.843. The van der Waals surface area contributed by atoms with Gasteiger partial charge in [-0.3, -0.25) is 4.21 Å². The van der Waals surface area contributed by atoms with Crippen LogP contribution in [0.2, 0.25) is 0 Å².